The van der Waals surface area contributed by atoms with Crippen molar-refractivity contribution >= 4 is 17.7 Å². The fraction of sp³-hybridized carbons (Fsp3) is 0.308. The monoisotopic (exact) mass is 262 g/mol. The maximum Gasteiger partial charge on any atom is 0.318 e. The number of urea groups is 1. The molecule has 0 saturated heterocycles. The van der Waals surface area contributed by atoms with Crippen LogP contribution in [0.4, 0.5) is 4.79 Å². The molecule has 100 valence electrons. The van der Waals surface area contributed by atoms with E-state index in [9.17, 15) is 14.4 Å². The van der Waals surface area contributed by atoms with Gasteiger partial charge in [0.2, 0.25) is 0 Å². The number of amides is 3. The lowest BCUT2D eigenvalue weighted by Gasteiger charge is -2.14. The van der Waals surface area contributed by atoms with Gasteiger partial charge < -0.3 is 10.5 Å². The SMILES string of the molecule is CC(Oc1ccc2c(c1)CCC2=O)C(=O)NC(N)=O. The number of primary amides is 1. The highest BCUT2D eigenvalue weighted by molar-refractivity contribution is 6.00. The summed E-state index contributed by atoms with van der Waals surface area (Å²) in [6.07, 6.45) is 0.353. The fourth-order valence-corrected chi connectivity index (χ4v) is 1.99. The molecule has 19 heavy (non-hydrogen) atoms. The number of Topliss-reactive ketones (excluding diaryl/α,β-unsaturated/α-hetero) is 1. The minimum absolute atomic E-state index is 0.126. The normalized spacial score (nSPS) is 14.7. The van der Waals surface area contributed by atoms with E-state index in [-0.39, 0.29) is 5.78 Å². The second-order valence-electron chi connectivity index (χ2n) is 4.36. The standard InChI is InChI=1S/C13H14N2O4/c1-7(12(17)15-13(14)18)19-9-3-4-10-8(6-9)2-5-11(10)16/h3-4,6-7H,2,5H2,1H3,(H3,14,15,17,18). The van der Waals surface area contributed by atoms with E-state index in [4.69, 9.17) is 10.5 Å². The molecular weight excluding hydrogens is 248 g/mol. The number of carbonyl (C=O) groups is 3. The summed E-state index contributed by atoms with van der Waals surface area (Å²) in [5, 5.41) is 1.94. The predicted molar refractivity (Wildman–Crippen MR) is 66.9 cm³/mol. The van der Waals surface area contributed by atoms with Crippen molar-refractivity contribution in [2.45, 2.75) is 25.9 Å². The molecule has 1 aromatic rings. The summed E-state index contributed by atoms with van der Waals surface area (Å²) in [5.74, 6) is 0.00529. The van der Waals surface area contributed by atoms with Crippen LogP contribution >= 0.6 is 0 Å². The number of nitrogens with one attached hydrogen (secondary N) is 1. The molecular formula is C13H14N2O4. The van der Waals surface area contributed by atoms with E-state index in [0.717, 1.165) is 5.56 Å². The van der Waals surface area contributed by atoms with E-state index in [1.165, 1.54) is 6.92 Å². The van der Waals surface area contributed by atoms with Crippen molar-refractivity contribution < 1.29 is 19.1 Å². The molecule has 1 unspecified atom stereocenters. The molecule has 0 aliphatic heterocycles. The zero-order chi connectivity index (χ0) is 14.0. The van der Waals surface area contributed by atoms with E-state index >= 15 is 0 Å². The third-order valence-electron chi connectivity index (χ3n) is 2.93. The molecule has 6 nitrogen and oxygen atoms in total. The van der Waals surface area contributed by atoms with Crippen LogP contribution in [0.15, 0.2) is 18.2 Å². The largest absolute Gasteiger partial charge is 0.481 e. The molecule has 3 amide bonds. The van der Waals surface area contributed by atoms with Gasteiger partial charge in [0.05, 0.1) is 0 Å². The van der Waals surface area contributed by atoms with E-state index in [1.54, 1.807) is 18.2 Å². The fourth-order valence-electron chi connectivity index (χ4n) is 1.99. The predicted octanol–water partition coefficient (Wildman–Crippen LogP) is 0.778. The van der Waals surface area contributed by atoms with Gasteiger partial charge in [-0.05, 0) is 37.1 Å². The lowest BCUT2D eigenvalue weighted by Crippen LogP contribution is -2.42. The summed E-state index contributed by atoms with van der Waals surface area (Å²) >= 11 is 0. The highest BCUT2D eigenvalue weighted by atomic mass is 16.5. The molecule has 0 aromatic heterocycles. The topological polar surface area (TPSA) is 98.5 Å². The Morgan fingerprint density at radius 2 is 2.11 bits per heavy atom. The summed E-state index contributed by atoms with van der Waals surface area (Å²) in [6, 6.07) is 4.16. The van der Waals surface area contributed by atoms with Crippen LogP contribution < -0.4 is 15.8 Å². The van der Waals surface area contributed by atoms with Gasteiger partial charge in [0.15, 0.2) is 11.9 Å². The maximum atomic E-state index is 11.5. The summed E-state index contributed by atoms with van der Waals surface area (Å²) in [4.78, 5) is 33.5. The minimum atomic E-state index is -0.917. The number of ketones is 1. The van der Waals surface area contributed by atoms with Crippen LogP contribution in [0, 0.1) is 0 Å². The quantitative estimate of drug-likeness (QED) is 0.840. The first kappa shape index (κ1) is 13.1. The van der Waals surface area contributed by atoms with Gasteiger partial charge in [-0.15, -0.1) is 0 Å². The number of fused-ring (bicyclic) bond motifs is 1. The summed E-state index contributed by atoms with van der Waals surface area (Å²) in [7, 11) is 0. The molecule has 0 radical (unpaired) electrons. The summed E-state index contributed by atoms with van der Waals surface area (Å²) in [6.45, 7) is 1.51. The van der Waals surface area contributed by atoms with Crippen LogP contribution in [0.2, 0.25) is 0 Å². The van der Waals surface area contributed by atoms with Crippen LogP contribution in [0.1, 0.15) is 29.3 Å². The molecule has 0 spiro atoms. The number of rotatable bonds is 3. The Labute approximate surface area is 109 Å². The van der Waals surface area contributed by atoms with Crippen molar-refractivity contribution in [1.29, 1.82) is 0 Å². The molecule has 2 rings (SSSR count). The first-order chi connectivity index (χ1) is 8.97. The third kappa shape index (κ3) is 2.90. The first-order valence-electron chi connectivity index (χ1n) is 5.90. The molecule has 6 heteroatoms. The highest BCUT2D eigenvalue weighted by Crippen LogP contribution is 2.26. The average Bonchev–Trinajstić information content (AvgIpc) is 2.70. The maximum absolute atomic E-state index is 11.5. The van der Waals surface area contributed by atoms with Crippen molar-refractivity contribution in [3.63, 3.8) is 0 Å². The van der Waals surface area contributed by atoms with Gasteiger partial charge in [0.1, 0.15) is 5.75 Å². The molecule has 1 aromatic carbocycles. The molecule has 3 N–H and O–H groups in total. The van der Waals surface area contributed by atoms with Crippen LogP contribution in [0.25, 0.3) is 0 Å². The number of hydrogen-bond acceptors (Lipinski definition) is 4. The Balaban J connectivity index is 2.06. The molecule has 1 aliphatic rings. The van der Waals surface area contributed by atoms with Gasteiger partial charge in [0.25, 0.3) is 5.91 Å². The van der Waals surface area contributed by atoms with Crippen LogP contribution in [0.5, 0.6) is 5.75 Å². The van der Waals surface area contributed by atoms with Gasteiger partial charge >= 0.3 is 6.03 Å². The minimum Gasteiger partial charge on any atom is -0.481 e. The van der Waals surface area contributed by atoms with Crippen LogP contribution in [-0.2, 0) is 11.2 Å². The van der Waals surface area contributed by atoms with Crippen molar-refractivity contribution in [3.05, 3.63) is 29.3 Å². The van der Waals surface area contributed by atoms with Gasteiger partial charge in [-0.2, -0.15) is 0 Å². The molecule has 1 atom stereocenters. The Kier molecular flexibility index (Phi) is 3.50. The first-order valence-corrected chi connectivity index (χ1v) is 5.90. The zero-order valence-corrected chi connectivity index (χ0v) is 10.4. The highest BCUT2D eigenvalue weighted by Gasteiger charge is 2.21. The number of hydrogen-bond donors (Lipinski definition) is 2. The van der Waals surface area contributed by atoms with Crippen molar-refractivity contribution in [2.75, 3.05) is 0 Å². The summed E-state index contributed by atoms with van der Waals surface area (Å²) in [5.41, 5.74) is 6.48. The zero-order valence-electron chi connectivity index (χ0n) is 10.4. The second-order valence-corrected chi connectivity index (χ2v) is 4.36. The number of imide groups is 1. The van der Waals surface area contributed by atoms with E-state index in [0.29, 0.717) is 24.2 Å². The van der Waals surface area contributed by atoms with Crippen molar-refractivity contribution in [2.24, 2.45) is 5.73 Å². The number of nitrogens with two attached hydrogens (primary N) is 1. The van der Waals surface area contributed by atoms with Gasteiger partial charge in [0, 0.05) is 12.0 Å². The van der Waals surface area contributed by atoms with E-state index in [1.807, 2.05) is 5.32 Å². The molecule has 0 fully saturated rings. The summed E-state index contributed by atoms with van der Waals surface area (Å²) < 4.78 is 5.41. The molecule has 0 bridgehead atoms. The molecule has 0 saturated carbocycles. The van der Waals surface area contributed by atoms with Crippen molar-refractivity contribution in [1.82, 2.24) is 5.32 Å². The van der Waals surface area contributed by atoms with Crippen LogP contribution in [-0.4, -0.2) is 23.8 Å². The van der Waals surface area contributed by atoms with Gasteiger partial charge in [-0.3, -0.25) is 14.9 Å². The van der Waals surface area contributed by atoms with Gasteiger partial charge in [-0.25, -0.2) is 4.79 Å². The Hall–Kier alpha value is -2.37. The second kappa shape index (κ2) is 5.09. The Morgan fingerprint density at radius 1 is 1.37 bits per heavy atom. The number of benzene rings is 1. The molecule has 0 heterocycles. The van der Waals surface area contributed by atoms with Gasteiger partial charge in [-0.1, -0.05) is 0 Å². The van der Waals surface area contributed by atoms with E-state index < -0.39 is 18.0 Å². The number of aryl methyl sites for hydroxylation is 1. The Bertz CT molecular complexity index is 554. The lowest BCUT2D eigenvalue weighted by atomic mass is 10.1. The van der Waals surface area contributed by atoms with Crippen LogP contribution in [0.3, 0.4) is 0 Å². The third-order valence-corrected chi connectivity index (χ3v) is 2.93. The number of ether oxygens (including phenoxy) is 1. The Morgan fingerprint density at radius 3 is 2.79 bits per heavy atom. The average molecular weight is 262 g/mol. The van der Waals surface area contributed by atoms with Crippen molar-refractivity contribution in [3.8, 4) is 5.75 Å². The number of carbonyl (C=O) groups excluding carboxylic acids is 3. The lowest BCUT2D eigenvalue weighted by molar-refractivity contribution is -0.126. The van der Waals surface area contributed by atoms with E-state index in [2.05, 4.69) is 0 Å². The smallest absolute Gasteiger partial charge is 0.318 e. The molecule has 1 aliphatic carbocycles.